The maximum Gasteiger partial charge on any atom is 0.411 e. The molecule has 0 radical (unpaired) electrons. The number of anilines is 1. The summed E-state index contributed by atoms with van der Waals surface area (Å²) in [5, 5.41) is 4.55. The predicted octanol–water partition coefficient (Wildman–Crippen LogP) is 2.85. The molecular formula is C19H22N4O4S. The number of nitrogens with zero attached hydrogens (tertiary/aromatic N) is 2. The Hall–Kier alpha value is -2.94. The lowest BCUT2D eigenvalue weighted by Crippen LogP contribution is -2.46. The quantitative estimate of drug-likeness (QED) is 0.766. The number of thiophene rings is 1. The molecule has 0 saturated carbocycles. The summed E-state index contributed by atoms with van der Waals surface area (Å²) in [6, 6.07) is 5.42. The molecule has 2 atom stereocenters. The first-order valence-corrected chi connectivity index (χ1v) is 9.82. The van der Waals surface area contributed by atoms with E-state index in [1.807, 2.05) is 17.5 Å². The van der Waals surface area contributed by atoms with E-state index in [0.717, 1.165) is 17.7 Å². The number of ether oxygens (including phenoxy) is 1. The van der Waals surface area contributed by atoms with Crippen molar-refractivity contribution >= 4 is 34.9 Å². The highest BCUT2D eigenvalue weighted by atomic mass is 32.1. The van der Waals surface area contributed by atoms with Gasteiger partial charge in [0.25, 0.3) is 0 Å². The SMILES string of the molecule is Cc1cc(NC(=O)C(=O)N2CC(C)CCC2c2cccs2)cnc1OC(N)=O. The Morgan fingerprint density at radius 2 is 2.14 bits per heavy atom. The van der Waals surface area contributed by atoms with Crippen molar-refractivity contribution in [3.05, 3.63) is 40.2 Å². The molecule has 0 bridgehead atoms. The van der Waals surface area contributed by atoms with Gasteiger partial charge in [-0.25, -0.2) is 9.78 Å². The summed E-state index contributed by atoms with van der Waals surface area (Å²) in [6.45, 7) is 4.27. The summed E-state index contributed by atoms with van der Waals surface area (Å²) in [5.74, 6) is -0.901. The first-order valence-electron chi connectivity index (χ1n) is 8.94. The van der Waals surface area contributed by atoms with Crippen LogP contribution < -0.4 is 15.8 Å². The van der Waals surface area contributed by atoms with Gasteiger partial charge in [-0.1, -0.05) is 13.0 Å². The predicted molar refractivity (Wildman–Crippen MR) is 105 cm³/mol. The van der Waals surface area contributed by atoms with Gasteiger partial charge in [0, 0.05) is 17.0 Å². The highest BCUT2D eigenvalue weighted by Crippen LogP contribution is 2.35. The van der Waals surface area contributed by atoms with Gasteiger partial charge in [-0.3, -0.25) is 9.59 Å². The largest absolute Gasteiger partial charge is 0.411 e. The first kappa shape index (κ1) is 19.8. The molecule has 0 aromatic carbocycles. The number of amides is 3. The molecule has 28 heavy (non-hydrogen) atoms. The van der Waals surface area contributed by atoms with E-state index in [-0.39, 0.29) is 11.9 Å². The number of piperidine rings is 1. The topological polar surface area (TPSA) is 115 Å². The van der Waals surface area contributed by atoms with Crippen LogP contribution in [0, 0.1) is 12.8 Å². The second kappa shape index (κ2) is 8.39. The van der Waals surface area contributed by atoms with Gasteiger partial charge in [0.2, 0.25) is 5.88 Å². The molecule has 3 rings (SSSR count). The minimum absolute atomic E-state index is 0.0550. The Kier molecular flexibility index (Phi) is 5.93. The van der Waals surface area contributed by atoms with Gasteiger partial charge in [-0.2, -0.15) is 0 Å². The lowest BCUT2D eigenvalue weighted by molar-refractivity contribution is -0.146. The molecule has 0 spiro atoms. The van der Waals surface area contributed by atoms with E-state index < -0.39 is 17.9 Å². The maximum absolute atomic E-state index is 12.9. The number of hydrogen-bond donors (Lipinski definition) is 2. The van der Waals surface area contributed by atoms with E-state index >= 15 is 0 Å². The number of pyridine rings is 1. The molecular weight excluding hydrogens is 380 g/mol. The highest BCUT2D eigenvalue weighted by molar-refractivity contribution is 7.10. The van der Waals surface area contributed by atoms with Gasteiger partial charge < -0.3 is 20.7 Å². The van der Waals surface area contributed by atoms with E-state index in [2.05, 4.69) is 17.2 Å². The second-order valence-electron chi connectivity index (χ2n) is 6.89. The van der Waals surface area contributed by atoms with Crippen LogP contribution >= 0.6 is 11.3 Å². The van der Waals surface area contributed by atoms with Crippen LogP contribution in [-0.4, -0.2) is 34.3 Å². The minimum atomic E-state index is -0.971. The summed E-state index contributed by atoms with van der Waals surface area (Å²) in [4.78, 5) is 43.0. The molecule has 2 aromatic heterocycles. The summed E-state index contributed by atoms with van der Waals surface area (Å²) < 4.78 is 4.76. The number of aryl methyl sites for hydroxylation is 1. The molecule has 1 aliphatic heterocycles. The van der Waals surface area contributed by atoms with Crippen LogP contribution in [0.3, 0.4) is 0 Å². The summed E-state index contributed by atoms with van der Waals surface area (Å²) in [6.07, 6.45) is 2.19. The molecule has 148 valence electrons. The number of hydrogen-bond acceptors (Lipinski definition) is 6. The van der Waals surface area contributed by atoms with Crippen LogP contribution in [0.15, 0.2) is 29.8 Å². The molecule has 2 aromatic rings. The van der Waals surface area contributed by atoms with E-state index in [4.69, 9.17) is 10.5 Å². The van der Waals surface area contributed by atoms with Crippen molar-refractivity contribution in [1.29, 1.82) is 0 Å². The van der Waals surface area contributed by atoms with E-state index in [9.17, 15) is 14.4 Å². The fourth-order valence-electron chi connectivity index (χ4n) is 3.30. The zero-order valence-electron chi connectivity index (χ0n) is 15.7. The zero-order chi connectivity index (χ0) is 20.3. The van der Waals surface area contributed by atoms with Gasteiger partial charge in [0.05, 0.1) is 17.9 Å². The van der Waals surface area contributed by atoms with E-state index in [0.29, 0.717) is 23.7 Å². The van der Waals surface area contributed by atoms with E-state index in [1.54, 1.807) is 29.2 Å². The molecule has 3 heterocycles. The van der Waals surface area contributed by atoms with E-state index in [1.165, 1.54) is 6.20 Å². The summed E-state index contributed by atoms with van der Waals surface area (Å²) >= 11 is 1.59. The van der Waals surface area contributed by atoms with Gasteiger partial charge in [0.15, 0.2) is 0 Å². The van der Waals surface area contributed by atoms with Crippen molar-refractivity contribution < 1.29 is 19.1 Å². The zero-order valence-corrected chi connectivity index (χ0v) is 16.5. The molecule has 3 N–H and O–H groups in total. The second-order valence-corrected chi connectivity index (χ2v) is 7.87. The molecule has 2 unspecified atom stereocenters. The molecule has 3 amide bonds. The first-order chi connectivity index (χ1) is 13.3. The number of carbonyl (C=O) groups excluding carboxylic acids is 3. The van der Waals surface area contributed by atoms with Crippen LogP contribution in [-0.2, 0) is 9.59 Å². The van der Waals surface area contributed by atoms with Crippen LogP contribution in [0.5, 0.6) is 5.88 Å². The maximum atomic E-state index is 12.9. The average molecular weight is 402 g/mol. The van der Waals surface area contributed by atoms with Crippen molar-refractivity contribution in [2.24, 2.45) is 11.7 Å². The number of primary amides is 1. The van der Waals surface area contributed by atoms with Gasteiger partial charge in [-0.15, -0.1) is 11.3 Å². The molecule has 1 saturated heterocycles. The third-order valence-electron chi connectivity index (χ3n) is 4.63. The molecule has 9 heteroatoms. The number of nitrogens with two attached hydrogens (primary N) is 1. The third kappa shape index (κ3) is 4.48. The Morgan fingerprint density at radius 1 is 1.36 bits per heavy atom. The van der Waals surface area contributed by atoms with Gasteiger partial charge in [-0.05, 0) is 43.2 Å². The lowest BCUT2D eigenvalue weighted by Gasteiger charge is -2.37. The van der Waals surface area contributed by atoms with Crippen molar-refractivity contribution in [2.45, 2.75) is 32.7 Å². The van der Waals surface area contributed by atoms with Crippen LogP contribution in [0.25, 0.3) is 0 Å². The average Bonchev–Trinajstić information content (AvgIpc) is 3.17. The Labute approximate surface area is 166 Å². The van der Waals surface area contributed by atoms with Crippen LogP contribution in [0.2, 0.25) is 0 Å². The molecule has 1 aliphatic rings. The number of carbonyl (C=O) groups is 3. The van der Waals surface area contributed by atoms with Crippen LogP contribution in [0.4, 0.5) is 10.5 Å². The fourth-order valence-corrected chi connectivity index (χ4v) is 4.18. The summed E-state index contributed by atoms with van der Waals surface area (Å²) in [5.41, 5.74) is 5.82. The van der Waals surface area contributed by atoms with Crippen molar-refractivity contribution in [1.82, 2.24) is 9.88 Å². The Balaban J connectivity index is 1.73. The van der Waals surface area contributed by atoms with Gasteiger partial charge in [0.1, 0.15) is 0 Å². The summed E-state index contributed by atoms with van der Waals surface area (Å²) in [7, 11) is 0. The van der Waals surface area contributed by atoms with Crippen molar-refractivity contribution in [2.75, 3.05) is 11.9 Å². The van der Waals surface area contributed by atoms with Crippen molar-refractivity contribution in [3.8, 4) is 5.88 Å². The normalized spacial score (nSPS) is 19.1. The standard InChI is InChI=1S/C19H22N4O4S/c1-11-5-6-14(15-4-3-7-28-15)23(10-11)18(25)16(24)22-13-8-12(2)17(21-9-13)27-19(20)26/h3-4,7-9,11,14H,5-6,10H2,1-2H3,(H2,20,26)(H,22,24). The molecule has 1 fully saturated rings. The highest BCUT2D eigenvalue weighted by Gasteiger charge is 2.34. The van der Waals surface area contributed by atoms with Crippen LogP contribution in [0.1, 0.15) is 36.2 Å². The Morgan fingerprint density at radius 3 is 2.79 bits per heavy atom. The van der Waals surface area contributed by atoms with Gasteiger partial charge >= 0.3 is 17.9 Å². The minimum Gasteiger partial charge on any atom is -0.391 e. The molecule has 0 aliphatic carbocycles. The number of aromatic nitrogens is 1. The van der Waals surface area contributed by atoms with Crippen molar-refractivity contribution in [3.63, 3.8) is 0 Å². The number of likely N-dealkylation sites (tertiary alicyclic amines) is 1. The smallest absolute Gasteiger partial charge is 0.391 e. The fraction of sp³-hybridized carbons (Fsp3) is 0.368. The third-order valence-corrected chi connectivity index (χ3v) is 5.60. The molecule has 8 nitrogen and oxygen atoms in total. The number of rotatable bonds is 3. The Bertz CT molecular complexity index is 884. The monoisotopic (exact) mass is 402 g/mol. The number of nitrogens with one attached hydrogen (secondary N) is 1. The lowest BCUT2D eigenvalue weighted by atomic mass is 9.93.